The molecule has 15 heavy (non-hydrogen) atoms. The molecule has 0 fully saturated rings. The molecule has 0 unspecified atom stereocenters. The van der Waals surface area contributed by atoms with E-state index in [0.29, 0.717) is 13.2 Å². The zero-order valence-electron chi connectivity index (χ0n) is 9.24. The summed E-state index contributed by atoms with van der Waals surface area (Å²) in [6, 6.07) is 10.5. The van der Waals surface area contributed by atoms with E-state index in [2.05, 4.69) is 29.7 Å². The Balaban J connectivity index is 1.93. The van der Waals surface area contributed by atoms with Gasteiger partial charge in [-0.05, 0) is 18.4 Å². The number of nitrogens with one attached hydrogen (secondary N) is 1. The lowest BCUT2D eigenvalue weighted by Crippen LogP contribution is -2.19. The third-order valence-electron chi connectivity index (χ3n) is 2.08. The lowest BCUT2D eigenvalue weighted by atomic mass is 10.1. The first kappa shape index (κ1) is 12.2. The molecular formula is C12H19NO2. The smallest absolute Gasteiger partial charge is 0.0915 e. The molecule has 0 spiro atoms. The van der Waals surface area contributed by atoms with Crippen molar-refractivity contribution in [1.82, 2.24) is 5.48 Å². The number of hydroxylamine groups is 1. The standard InChI is InChI=1S/C12H19NO2/c1-14-10-11-15-13-9-5-8-12-6-3-2-4-7-12/h2-4,6-7,13H,5,8-11H2,1H3. The van der Waals surface area contributed by atoms with Gasteiger partial charge in [0.2, 0.25) is 0 Å². The Hall–Kier alpha value is -0.900. The molecule has 0 heterocycles. The third-order valence-corrected chi connectivity index (χ3v) is 2.08. The first-order chi connectivity index (χ1) is 7.43. The summed E-state index contributed by atoms with van der Waals surface area (Å²) in [5, 5.41) is 0. The molecule has 0 atom stereocenters. The molecule has 3 nitrogen and oxygen atoms in total. The normalized spacial score (nSPS) is 10.5. The van der Waals surface area contributed by atoms with E-state index in [-0.39, 0.29) is 0 Å². The van der Waals surface area contributed by atoms with Gasteiger partial charge < -0.3 is 4.74 Å². The first-order valence-electron chi connectivity index (χ1n) is 5.31. The van der Waals surface area contributed by atoms with Crippen LogP contribution < -0.4 is 5.48 Å². The highest BCUT2D eigenvalue weighted by atomic mass is 16.7. The fraction of sp³-hybridized carbons (Fsp3) is 0.500. The number of ether oxygens (including phenoxy) is 1. The van der Waals surface area contributed by atoms with Gasteiger partial charge in [-0.1, -0.05) is 30.3 Å². The Morgan fingerprint density at radius 3 is 2.67 bits per heavy atom. The molecule has 0 aromatic heterocycles. The molecule has 1 aromatic carbocycles. The van der Waals surface area contributed by atoms with E-state index in [1.54, 1.807) is 7.11 Å². The number of methoxy groups -OCH3 is 1. The molecule has 84 valence electrons. The van der Waals surface area contributed by atoms with Crippen LogP contribution in [-0.2, 0) is 16.0 Å². The van der Waals surface area contributed by atoms with Gasteiger partial charge >= 0.3 is 0 Å². The zero-order valence-corrected chi connectivity index (χ0v) is 9.24. The Morgan fingerprint density at radius 2 is 1.93 bits per heavy atom. The predicted octanol–water partition coefficient (Wildman–Crippen LogP) is 1.79. The van der Waals surface area contributed by atoms with Crippen molar-refractivity contribution in [3.63, 3.8) is 0 Å². The second kappa shape index (κ2) is 8.41. The molecule has 0 saturated heterocycles. The average Bonchev–Trinajstić information content (AvgIpc) is 2.29. The summed E-state index contributed by atoms with van der Waals surface area (Å²) < 4.78 is 4.85. The molecule has 1 rings (SSSR count). The molecule has 0 aliphatic rings. The third kappa shape index (κ3) is 6.23. The van der Waals surface area contributed by atoms with E-state index in [9.17, 15) is 0 Å². The Kier molecular flexibility index (Phi) is 6.83. The van der Waals surface area contributed by atoms with E-state index >= 15 is 0 Å². The fourth-order valence-electron chi connectivity index (χ4n) is 1.28. The molecular weight excluding hydrogens is 190 g/mol. The molecule has 1 N–H and O–H groups in total. The Morgan fingerprint density at radius 1 is 1.13 bits per heavy atom. The van der Waals surface area contributed by atoms with Crippen LogP contribution in [0, 0.1) is 0 Å². The highest BCUT2D eigenvalue weighted by Crippen LogP contribution is 2.01. The summed E-state index contributed by atoms with van der Waals surface area (Å²) in [7, 11) is 1.67. The minimum absolute atomic E-state index is 0.599. The van der Waals surface area contributed by atoms with Crippen LogP contribution in [0.1, 0.15) is 12.0 Å². The topological polar surface area (TPSA) is 30.5 Å². The van der Waals surface area contributed by atoms with E-state index in [4.69, 9.17) is 9.57 Å². The van der Waals surface area contributed by atoms with Crippen LogP contribution in [0.15, 0.2) is 30.3 Å². The van der Waals surface area contributed by atoms with Crippen LogP contribution in [-0.4, -0.2) is 26.9 Å². The second-order valence-corrected chi connectivity index (χ2v) is 3.32. The van der Waals surface area contributed by atoms with E-state index < -0.39 is 0 Å². The van der Waals surface area contributed by atoms with Crippen LogP contribution in [0.2, 0.25) is 0 Å². The number of benzene rings is 1. The maximum absolute atomic E-state index is 5.14. The highest BCUT2D eigenvalue weighted by Gasteiger charge is 1.91. The van der Waals surface area contributed by atoms with E-state index in [1.165, 1.54) is 5.56 Å². The predicted molar refractivity (Wildman–Crippen MR) is 60.6 cm³/mol. The average molecular weight is 209 g/mol. The van der Waals surface area contributed by atoms with Gasteiger partial charge in [-0.15, -0.1) is 0 Å². The monoisotopic (exact) mass is 209 g/mol. The summed E-state index contributed by atoms with van der Waals surface area (Å²) in [6.07, 6.45) is 2.17. The minimum Gasteiger partial charge on any atom is -0.382 e. The van der Waals surface area contributed by atoms with Gasteiger partial charge in [-0.2, -0.15) is 0 Å². The lowest BCUT2D eigenvalue weighted by molar-refractivity contribution is 0.00673. The molecule has 3 heteroatoms. The van der Waals surface area contributed by atoms with Gasteiger partial charge in [0, 0.05) is 13.7 Å². The maximum Gasteiger partial charge on any atom is 0.0915 e. The molecule has 0 saturated carbocycles. The molecule has 0 aliphatic carbocycles. The van der Waals surface area contributed by atoms with E-state index in [0.717, 1.165) is 19.4 Å². The van der Waals surface area contributed by atoms with Crippen LogP contribution in [0.5, 0.6) is 0 Å². The molecule has 1 aromatic rings. The molecule has 0 bridgehead atoms. The summed E-state index contributed by atoms with van der Waals surface area (Å²) in [6.45, 7) is 2.10. The zero-order chi connectivity index (χ0) is 10.8. The first-order valence-corrected chi connectivity index (χ1v) is 5.31. The van der Waals surface area contributed by atoms with Crippen molar-refractivity contribution in [2.45, 2.75) is 12.8 Å². The number of aryl methyl sites for hydroxylation is 1. The minimum atomic E-state index is 0.599. The van der Waals surface area contributed by atoms with Crippen molar-refractivity contribution in [3.05, 3.63) is 35.9 Å². The van der Waals surface area contributed by atoms with Crippen LogP contribution in [0.25, 0.3) is 0 Å². The summed E-state index contributed by atoms with van der Waals surface area (Å²) in [5.74, 6) is 0. The van der Waals surface area contributed by atoms with Crippen LogP contribution in [0.4, 0.5) is 0 Å². The SMILES string of the molecule is COCCONCCCc1ccccc1. The molecule has 0 radical (unpaired) electrons. The largest absolute Gasteiger partial charge is 0.382 e. The summed E-state index contributed by atoms with van der Waals surface area (Å²) in [5.41, 5.74) is 4.28. The van der Waals surface area contributed by atoms with Gasteiger partial charge in [0.05, 0.1) is 13.2 Å². The second-order valence-electron chi connectivity index (χ2n) is 3.32. The van der Waals surface area contributed by atoms with Crippen LogP contribution >= 0.6 is 0 Å². The Bertz CT molecular complexity index is 239. The van der Waals surface area contributed by atoms with Crippen molar-refractivity contribution in [2.24, 2.45) is 0 Å². The van der Waals surface area contributed by atoms with Crippen molar-refractivity contribution in [1.29, 1.82) is 0 Å². The summed E-state index contributed by atoms with van der Waals surface area (Å²) in [4.78, 5) is 5.14. The molecule has 0 amide bonds. The van der Waals surface area contributed by atoms with E-state index in [1.807, 2.05) is 6.07 Å². The van der Waals surface area contributed by atoms with Crippen molar-refractivity contribution < 1.29 is 9.57 Å². The quantitative estimate of drug-likeness (QED) is 0.523. The molecule has 0 aliphatic heterocycles. The maximum atomic E-state index is 5.14. The number of hydrogen-bond acceptors (Lipinski definition) is 3. The van der Waals surface area contributed by atoms with Crippen molar-refractivity contribution >= 4 is 0 Å². The van der Waals surface area contributed by atoms with Crippen molar-refractivity contribution in [2.75, 3.05) is 26.9 Å². The number of hydrogen-bond donors (Lipinski definition) is 1. The van der Waals surface area contributed by atoms with Gasteiger partial charge in [-0.3, -0.25) is 4.84 Å². The Labute approximate surface area is 91.4 Å². The lowest BCUT2D eigenvalue weighted by Gasteiger charge is -2.05. The number of rotatable bonds is 8. The van der Waals surface area contributed by atoms with Crippen LogP contribution in [0.3, 0.4) is 0 Å². The summed E-state index contributed by atoms with van der Waals surface area (Å²) >= 11 is 0. The van der Waals surface area contributed by atoms with Gasteiger partial charge in [0.15, 0.2) is 0 Å². The van der Waals surface area contributed by atoms with Crippen molar-refractivity contribution in [3.8, 4) is 0 Å². The fourth-order valence-corrected chi connectivity index (χ4v) is 1.28. The van der Waals surface area contributed by atoms with Gasteiger partial charge in [0.1, 0.15) is 0 Å². The van der Waals surface area contributed by atoms with Gasteiger partial charge in [0.25, 0.3) is 0 Å². The van der Waals surface area contributed by atoms with Gasteiger partial charge in [-0.25, -0.2) is 5.48 Å². The highest BCUT2D eigenvalue weighted by molar-refractivity contribution is 5.14.